The molecule has 0 saturated heterocycles. The van der Waals surface area contributed by atoms with Crippen LogP contribution in [0.4, 0.5) is 10.5 Å². The first-order chi connectivity index (χ1) is 13.1. The minimum Gasteiger partial charge on any atom is -0.491 e. The van der Waals surface area contributed by atoms with Gasteiger partial charge in [0.2, 0.25) is 0 Å². The molecule has 2 aromatic rings. The second kappa shape index (κ2) is 9.26. The fraction of sp³-hybridized carbons (Fsp3) is 0.364. The second-order valence-electron chi connectivity index (χ2n) is 7.58. The van der Waals surface area contributed by atoms with Crippen LogP contribution in [0.1, 0.15) is 42.3 Å². The molecule has 0 bridgehead atoms. The zero-order valence-corrected chi connectivity index (χ0v) is 17.1. The Morgan fingerprint density at radius 1 is 1.00 bits per heavy atom. The highest BCUT2D eigenvalue weighted by Gasteiger charge is 2.16. The molecular formula is C22H28N2O4. The number of carbonyl (C=O) groups excluding carboxylic acids is 2. The lowest BCUT2D eigenvalue weighted by Crippen LogP contribution is -2.28. The molecule has 0 aliphatic carbocycles. The summed E-state index contributed by atoms with van der Waals surface area (Å²) in [5.74, 6) is 0.616. The van der Waals surface area contributed by atoms with E-state index in [0.29, 0.717) is 24.4 Å². The van der Waals surface area contributed by atoms with Crippen molar-refractivity contribution >= 4 is 17.7 Å². The van der Waals surface area contributed by atoms with Gasteiger partial charge in [-0.3, -0.25) is 10.1 Å². The lowest BCUT2D eigenvalue weighted by molar-refractivity contribution is 0.0635. The Balaban J connectivity index is 1.78. The first-order valence-corrected chi connectivity index (χ1v) is 9.22. The van der Waals surface area contributed by atoms with Crippen molar-refractivity contribution in [1.82, 2.24) is 5.32 Å². The number of aryl methyl sites for hydroxylation is 2. The van der Waals surface area contributed by atoms with E-state index in [1.807, 2.05) is 26.0 Å². The molecule has 2 amide bonds. The number of carbonyl (C=O) groups is 2. The van der Waals surface area contributed by atoms with Gasteiger partial charge in [0.15, 0.2) is 0 Å². The number of amides is 2. The summed E-state index contributed by atoms with van der Waals surface area (Å²) in [5.41, 5.74) is 2.75. The number of nitrogens with one attached hydrogen (secondary N) is 2. The maximum Gasteiger partial charge on any atom is 0.412 e. The molecule has 0 spiro atoms. The molecule has 0 unspecified atom stereocenters. The smallest absolute Gasteiger partial charge is 0.412 e. The summed E-state index contributed by atoms with van der Waals surface area (Å²) in [6.45, 7) is 10.2. The van der Waals surface area contributed by atoms with Crippen molar-refractivity contribution in [2.45, 2.75) is 40.2 Å². The standard InChI is InChI=1S/C22H28N2O4/c1-15-6-11-19(16(2)14-15)27-13-12-23-20(25)17-7-9-18(10-8-17)24-21(26)28-22(3,4)5/h6-11,14H,12-13H2,1-5H3,(H,23,25)(H,24,26). The minimum absolute atomic E-state index is 0.201. The Bertz CT molecular complexity index is 823. The van der Waals surface area contributed by atoms with Gasteiger partial charge in [-0.1, -0.05) is 17.7 Å². The first kappa shape index (κ1) is 21.3. The van der Waals surface area contributed by atoms with E-state index in [1.165, 1.54) is 5.56 Å². The van der Waals surface area contributed by atoms with Gasteiger partial charge in [0.25, 0.3) is 5.91 Å². The fourth-order valence-corrected chi connectivity index (χ4v) is 2.52. The van der Waals surface area contributed by atoms with Crippen molar-refractivity contribution in [2.24, 2.45) is 0 Å². The number of hydrogen-bond acceptors (Lipinski definition) is 4. The molecular weight excluding hydrogens is 356 g/mol. The van der Waals surface area contributed by atoms with E-state index in [9.17, 15) is 9.59 Å². The summed E-state index contributed by atoms with van der Waals surface area (Å²) in [5, 5.41) is 5.45. The third-order valence-electron chi connectivity index (χ3n) is 3.77. The highest BCUT2D eigenvalue weighted by molar-refractivity contribution is 5.95. The number of benzene rings is 2. The van der Waals surface area contributed by atoms with Crippen LogP contribution in [0.15, 0.2) is 42.5 Å². The van der Waals surface area contributed by atoms with Gasteiger partial charge in [-0.15, -0.1) is 0 Å². The van der Waals surface area contributed by atoms with Gasteiger partial charge in [0.05, 0.1) is 6.54 Å². The van der Waals surface area contributed by atoms with Crippen LogP contribution in [0.3, 0.4) is 0 Å². The maximum absolute atomic E-state index is 12.2. The van der Waals surface area contributed by atoms with Crippen molar-refractivity contribution in [3.05, 3.63) is 59.2 Å². The van der Waals surface area contributed by atoms with Crippen LogP contribution in [0, 0.1) is 13.8 Å². The molecule has 2 N–H and O–H groups in total. The molecule has 6 heteroatoms. The van der Waals surface area contributed by atoms with Crippen molar-refractivity contribution in [2.75, 3.05) is 18.5 Å². The van der Waals surface area contributed by atoms with E-state index in [-0.39, 0.29) is 5.91 Å². The molecule has 0 aliphatic rings. The first-order valence-electron chi connectivity index (χ1n) is 9.22. The number of ether oxygens (including phenoxy) is 2. The molecule has 0 fully saturated rings. The van der Waals surface area contributed by atoms with Gasteiger partial charge in [0, 0.05) is 11.3 Å². The van der Waals surface area contributed by atoms with Gasteiger partial charge < -0.3 is 14.8 Å². The van der Waals surface area contributed by atoms with Crippen LogP contribution in [0.25, 0.3) is 0 Å². The summed E-state index contributed by atoms with van der Waals surface area (Å²) >= 11 is 0. The fourth-order valence-electron chi connectivity index (χ4n) is 2.52. The van der Waals surface area contributed by atoms with Gasteiger partial charge in [0.1, 0.15) is 18.0 Å². The normalized spacial score (nSPS) is 10.9. The number of anilines is 1. The largest absolute Gasteiger partial charge is 0.491 e. The third kappa shape index (κ3) is 6.95. The topological polar surface area (TPSA) is 76.7 Å². The van der Waals surface area contributed by atoms with E-state index < -0.39 is 11.7 Å². The molecule has 0 aromatic heterocycles. The van der Waals surface area contributed by atoms with Crippen molar-refractivity contribution in [3.63, 3.8) is 0 Å². The molecule has 2 aromatic carbocycles. The molecule has 28 heavy (non-hydrogen) atoms. The summed E-state index contributed by atoms with van der Waals surface area (Å²) in [7, 11) is 0. The van der Waals surface area contributed by atoms with Gasteiger partial charge >= 0.3 is 6.09 Å². The molecule has 0 radical (unpaired) electrons. The Morgan fingerprint density at radius 3 is 2.29 bits per heavy atom. The summed E-state index contributed by atoms with van der Waals surface area (Å²) < 4.78 is 10.9. The monoisotopic (exact) mass is 384 g/mol. The molecule has 2 rings (SSSR count). The lowest BCUT2D eigenvalue weighted by atomic mass is 10.1. The molecule has 0 saturated carbocycles. The van der Waals surface area contributed by atoms with E-state index in [0.717, 1.165) is 11.3 Å². The van der Waals surface area contributed by atoms with Gasteiger partial charge in [-0.05, 0) is 70.5 Å². The molecule has 6 nitrogen and oxygen atoms in total. The molecule has 150 valence electrons. The highest BCUT2D eigenvalue weighted by atomic mass is 16.6. The average molecular weight is 384 g/mol. The second-order valence-corrected chi connectivity index (χ2v) is 7.58. The predicted molar refractivity (Wildman–Crippen MR) is 110 cm³/mol. The van der Waals surface area contributed by atoms with Crippen molar-refractivity contribution < 1.29 is 19.1 Å². The summed E-state index contributed by atoms with van der Waals surface area (Å²) in [4.78, 5) is 24.0. The Kier molecular flexibility index (Phi) is 7.04. The van der Waals surface area contributed by atoms with Gasteiger partial charge in [-0.25, -0.2) is 4.79 Å². The van der Waals surface area contributed by atoms with Crippen LogP contribution in [0.5, 0.6) is 5.75 Å². The van der Waals surface area contributed by atoms with Gasteiger partial charge in [-0.2, -0.15) is 0 Å². The zero-order chi connectivity index (χ0) is 20.7. The highest BCUT2D eigenvalue weighted by Crippen LogP contribution is 2.18. The Labute approximate surface area is 166 Å². The SMILES string of the molecule is Cc1ccc(OCCNC(=O)c2ccc(NC(=O)OC(C)(C)C)cc2)c(C)c1. The summed E-state index contributed by atoms with van der Waals surface area (Å²) in [6.07, 6.45) is -0.534. The average Bonchev–Trinajstić information content (AvgIpc) is 2.59. The number of rotatable bonds is 6. The Hall–Kier alpha value is -3.02. The van der Waals surface area contributed by atoms with Crippen LogP contribution < -0.4 is 15.4 Å². The zero-order valence-electron chi connectivity index (χ0n) is 17.1. The molecule has 0 atom stereocenters. The molecule has 0 heterocycles. The number of hydrogen-bond donors (Lipinski definition) is 2. The minimum atomic E-state index is -0.566. The van der Waals surface area contributed by atoms with E-state index in [1.54, 1.807) is 45.0 Å². The van der Waals surface area contributed by atoms with Crippen LogP contribution in [-0.4, -0.2) is 30.8 Å². The van der Waals surface area contributed by atoms with Crippen LogP contribution in [-0.2, 0) is 4.74 Å². The van der Waals surface area contributed by atoms with Crippen molar-refractivity contribution in [3.8, 4) is 5.75 Å². The summed E-state index contributed by atoms with van der Waals surface area (Å²) in [6, 6.07) is 12.6. The Morgan fingerprint density at radius 2 is 1.68 bits per heavy atom. The third-order valence-corrected chi connectivity index (χ3v) is 3.77. The van der Waals surface area contributed by atoms with E-state index in [4.69, 9.17) is 9.47 Å². The predicted octanol–water partition coefficient (Wildman–Crippen LogP) is 4.46. The van der Waals surface area contributed by atoms with E-state index in [2.05, 4.69) is 16.7 Å². The molecule has 0 aliphatic heterocycles. The quantitative estimate of drug-likeness (QED) is 0.721. The van der Waals surface area contributed by atoms with Crippen molar-refractivity contribution in [1.29, 1.82) is 0 Å². The van der Waals surface area contributed by atoms with E-state index >= 15 is 0 Å². The maximum atomic E-state index is 12.2. The van der Waals surface area contributed by atoms with Crippen LogP contribution in [0.2, 0.25) is 0 Å². The van der Waals surface area contributed by atoms with Crippen LogP contribution >= 0.6 is 0 Å². The lowest BCUT2D eigenvalue weighted by Gasteiger charge is -2.19.